The second-order valence-corrected chi connectivity index (χ2v) is 3.38. The van der Waals surface area contributed by atoms with Gasteiger partial charge in [0, 0.05) is 0 Å². The van der Waals surface area contributed by atoms with Gasteiger partial charge < -0.3 is 9.47 Å². The molecule has 0 saturated heterocycles. The topological polar surface area (TPSA) is 18.5 Å². The van der Waals surface area contributed by atoms with Crippen molar-refractivity contribution in [1.29, 1.82) is 0 Å². The molecule has 1 heterocycles. The van der Waals surface area contributed by atoms with Crippen molar-refractivity contribution >= 4 is 0 Å². The van der Waals surface area contributed by atoms with E-state index in [4.69, 9.17) is 9.47 Å². The van der Waals surface area contributed by atoms with Gasteiger partial charge in [0.05, 0.1) is 13.7 Å². The summed E-state index contributed by atoms with van der Waals surface area (Å²) in [5.74, 6) is 1.99. The third-order valence-corrected chi connectivity index (χ3v) is 2.43. The van der Waals surface area contributed by atoms with Gasteiger partial charge in [-0.2, -0.15) is 0 Å². The van der Waals surface area contributed by atoms with Gasteiger partial charge in [0.2, 0.25) is 0 Å². The van der Waals surface area contributed by atoms with Crippen molar-refractivity contribution in [3.05, 3.63) is 23.3 Å². The second kappa shape index (κ2) is 3.29. The van der Waals surface area contributed by atoms with Crippen LogP contribution in [0.15, 0.2) is 12.1 Å². The Morgan fingerprint density at radius 3 is 3.00 bits per heavy atom. The number of methoxy groups -OCH3 is 1. The molecular weight excluding hydrogens is 164 g/mol. The van der Waals surface area contributed by atoms with Crippen molar-refractivity contribution in [3.8, 4) is 11.5 Å². The summed E-state index contributed by atoms with van der Waals surface area (Å²) in [6.45, 7) is 2.88. The Labute approximate surface area is 78.5 Å². The van der Waals surface area contributed by atoms with Crippen molar-refractivity contribution in [2.45, 2.75) is 19.8 Å². The molecule has 0 amide bonds. The van der Waals surface area contributed by atoms with Crippen LogP contribution in [0, 0.1) is 6.92 Å². The van der Waals surface area contributed by atoms with Crippen LogP contribution in [0.4, 0.5) is 0 Å². The molecule has 0 atom stereocenters. The predicted molar refractivity (Wildman–Crippen MR) is 51.5 cm³/mol. The quantitative estimate of drug-likeness (QED) is 0.657. The average Bonchev–Trinajstić information content (AvgIpc) is 2.17. The lowest BCUT2D eigenvalue weighted by Gasteiger charge is -2.18. The standard InChI is InChI=1S/C11H14O2/c1-8-6-11-9(4-3-5-13-11)7-10(8)12-2/h6-7H,3-5H2,1-2H3. The SMILES string of the molecule is COc1cc2c(cc1C)OCCC2. The van der Waals surface area contributed by atoms with Crippen molar-refractivity contribution in [1.82, 2.24) is 0 Å². The molecule has 1 aromatic rings. The smallest absolute Gasteiger partial charge is 0.123 e. The summed E-state index contributed by atoms with van der Waals surface area (Å²) < 4.78 is 10.8. The van der Waals surface area contributed by atoms with Crippen LogP contribution in [0.25, 0.3) is 0 Å². The van der Waals surface area contributed by atoms with Crippen molar-refractivity contribution in [3.63, 3.8) is 0 Å². The third-order valence-electron chi connectivity index (χ3n) is 2.43. The van der Waals surface area contributed by atoms with E-state index in [2.05, 4.69) is 12.1 Å². The zero-order chi connectivity index (χ0) is 9.26. The number of fused-ring (bicyclic) bond motifs is 1. The molecule has 2 nitrogen and oxygen atoms in total. The van der Waals surface area contributed by atoms with Gasteiger partial charge in [0.15, 0.2) is 0 Å². The van der Waals surface area contributed by atoms with E-state index in [0.29, 0.717) is 0 Å². The van der Waals surface area contributed by atoms with E-state index >= 15 is 0 Å². The number of rotatable bonds is 1. The van der Waals surface area contributed by atoms with E-state index in [1.54, 1.807) is 7.11 Å². The van der Waals surface area contributed by atoms with Gasteiger partial charge in [-0.3, -0.25) is 0 Å². The number of hydrogen-bond donors (Lipinski definition) is 0. The van der Waals surface area contributed by atoms with Crippen LogP contribution in [0.1, 0.15) is 17.5 Å². The maximum absolute atomic E-state index is 5.55. The molecule has 0 fully saturated rings. The van der Waals surface area contributed by atoms with Crippen molar-refractivity contribution in [2.75, 3.05) is 13.7 Å². The van der Waals surface area contributed by atoms with Gasteiger partial charge >= 0.3 is 0 Å². The van der Waals surface area contributed by atoms with E-state index < -0.39 is 0 Å². The summed E-state index contributed by atoms with van der Waals surface area (Å²) in [7, 11) is 1.71. The lowest BCUT2D eigenvalue weighted by atomic mass is 10.0. The summed E-state index contributed by atoms with van der Waals surface area (Å²) >= 11 is 0. The summed E-state index contributed by atoms with van der Waals surface area (Å²) in [5, 5.41) is 0. The highest BCUT2D eigenvalue weighted by Gasteiger charge is 2.12. The highest BCUT2D eigenvalue weighted by molar-refractivity contribution is 5.46. The van der Waals surface area contributed by atoms with Crippen molar-refractivity contribution in [2.24, 2.45) is 0 Å². The first kappa shape index (κ1) is 8.42. The molecule has 2 heteroatoms. The summed E-state index contributed by atoms with van der Waals surface area (Å²) in [6, 6.07) is 4.15. The minimum Gasteiger partial charge on any atom is -0.496 e. The molecule has 0 aromatic heterocycles. The van der Waals surface area contributed by atoms with Gasteiger partial charge in [0.1, 0.15) is 11.5 Å². The molecular formula is C11H14O2. The molecule has 70 valence electrons. The maximum atomic E-state index is 5.55. The molecule has 1 aromatic carbocycles. The zero-order valence-corrected chi connectivity index (χ0v) is 8.09. The number of hydrogen-bond acceptors (Lipinski definition) is 2. The highest BCUT2D eigenvalue weighted by Crippen LogP contribution is 2.31. The third kappa shape index (κ3) is 1.48. The van der Waals surface area contributed by atoms with Gasteiger partial charge in [-0.1, -0.05) is 0 Å². The van der Waals surface area contributed by atoms with E-state index in [1.807, 2.05) is 6.92 Å². The Morgan fingerprint density at radius 1 is 1.38 bits per heavy atom. The highest BCUT2D eigenvalue weighted by atomic mass is 16.5. The lowest BCUT2D eigenvalue weighted by Crippen LogP contribution is -2.08. The average molecular weight is 178 g/mol. The van der Waals surface area contributed by atoms with Gasteiger partial charge in [-0.25, -0.2) is 0 Å². The van der Waals surface area contributed by atoms with Crippen LogP contribution < -0.4 is 9.47 Å². The summed E-state index contributed by atoms with van der Waals surface area (Å²) in [5.41, 5.74) is 2.41. The molecule has 1 aliphatic rings. The fourth-order valence-electron chi connectivity index (χ4n) is 1.70. The first-order chi connectivity index (χ1) is 6.31. The molecule has 0 saturated carbocycles. The molecule has 0 radical (unpaired) electrons. The Kier molecular flexibility index (Phi) is 2.13. The molecule has 0 unspecified atom stereocenters. The first-order valence-corrected chi connectivity index (χ1v) is 4.61. The Morgan fingerprint density at radius 2 is 2.23 bits per heavy atom. The van der Waals surface area contributed by atoms with Gasteiger partial charge in [0.25, 0.3) is 0 Å². The van der Waals surface area contributed by atoms with E-state index in [9.17, 15) is 0 Å². The van der Waals surface area contributed by atoms with Crippen LogP contribution >= 0.6 is 0 Å². The molecule has 0 spiro atoms. The Hall–Kier alpha value is -1.18. The van der Waals surface area contributed by atoms with E-state index in [1.165, 1.54) is 5.56 Å². The maximum Gasteiger partial charge on any atom is 0.123 e. The number of ether oxygens (including phenoxy) is 2. The lowest BCUT2D eigenvalue weighted by molar-refractivity contribution is 0.287. The predicted octanol–water partition coefficient (Wildman–Crippen LogP) is 2.33. The Bertz CT molecular complexity index is 318. The minimum atomic E-state index is 0.846. The van der Waals surface area contributed by atoms with E-state index in [-0.39, 0.29) is 0 Å². The van der Waals surface area contributed by atoms with Crippen LogP contribution in [-0.4, -0.2) is 13.7 Å². The fraction of sp³-hybridized carbons (Fsp3) is 0.455. The molecule has 13 heavy (non-hydrogen) atoms. The molecule has 1 aliphatic heterocycles. The second-order valence-electron chi connectivity index (χ2n) is 3.38. The number of aryl methyl sites for hydroxylation is 2. The zero-order valence-electron chi connectivity index (χ0n) is 8.09. The molecule has 0 aliphatic carbocycles. The Balaban J connectivity index is 2.44. The first-order valence-electron chi connectivity index (χ1n) is 4.61. The fourth-order valence-corrected chi connectivity index (χ4v) is 1.70. The van der Waals surface area contributed by atoms with Crippen LogP contribution in [0.3, 0.4) is 0 Å². The molecule has 0 N–H and O–H groups in total. The van der Waals surface area contributed by atoms with Crippen molar-refractivity contribution < 1.29 is 9.47 Å². The van der Waals surface area contributed by atoms with Crippen LogP contribution in [-0.2, 0) is 6.42 Å². The van der Waals surface area contributed by atoms with Gasteiger partial charge in [-0.05, 0) is 43.0 Å². The minimum absolute atomic E-state index is 0.846. The van der Waals surface area contributed by atoms with Crippen LogP contribution in [0.5, 0.6) is 11.5 Å². The van der Waals surface area contributed by atoms with Crippen LogP contribution in [0.2, 0.25) is 0 Å². The summed E-state index contributed by atoms with van der Waals surface area (Å²) in [4.78, 5) is 0. The van der Waals surface area contributed by atoms with Gasteiger partial charge in [-0.15, -0.1) is 0 Å². The molecule has 0 bridgehead atoms. The largest absolute Gasteiger partial charge is 0.496 e. The van der Waals surface area contributed by atoms with E-state index in [0.717, 1.165) is 36.5 Å². The normalized spacial score (nSPS) is 14.6. The monoisotopic (exact) mass is 178 g/mol. The molecule has 2 rings (SSSR count). The number of benzene rings is 1. The summed E-state index contributed by atoms with van der Waals surface area (Å²) in [6.07, 6.45) is 2.21.